The van der Waals surface area contributed by atoms with Gasteiger partial charge in [0.05, 0.1) is 29.9 Å². The van der Waals surface area contributed by atoms with Crippen molar-refractivity contribution >= 4 is 52.9 Å². The number of aryl methyl sites for hydroxylation is 2. The molecule has 0 spiro atoms. The summed E-state index contributed by atoms with van der Waals surface area (Å²) >= 11 is 0. The molecule has 0 heterocycles. The van der Waals surface area contributed by atoms with Crippen LogP contribution in [-0.2, 0) is 25.7 Å². The molecule has 6 aromatic carbocycles. The van der Waals surface area contributed by atoms with Crippen molar-refractivity contribution in [2.45, 2.75) is 51.4 Å². The molecule has 2 atom stereocenters. The van der Waals surface area contributed by atoms with E-state index in [4.69, 9.17) is 0 Å². The van der Waals surface area contributed by atoms with Crippen LogP contribution in [0.1, 0.15) is 47.9 Å². The summed E-state index contributed by atoms with van der Waals surface area (Å²) in [5.74, 6) is 0. The largest absolute Gasteiger partial charge is 0.217 e. The molecule has 4 heteroatoms. The monoisotopic (exact) mass is 662 g/mol. The number of hydrogen-bond donors (Lipinski definition) is 0. The SMILES string of the molecule is P[N+](c1ccccc1)(c1ccccc1)c1ccc2c(c1-c1c([N+](P)(c3ccccc3)c3ccccc3)ccc3c1CCCC3)CCCC2. The molecular formula is C44H44N2P2+2. The Hall–Kier alpha value is -3.90. The van der Waals surface area contributed by atoms with Crippen molar-refractivity contribution in [3.05, 3.63) is 168 Å². The fraction of sp³-hybridized carbons (Fsp3) is 0.182. The lowest BCUT2D eigenvalue weighted by Crippen LogP contribution is -2.30. The third-order valence-corrected chi connectivity index (χ3v) is 12.4. The van der Waals surface area contributed by atoms with E-state index in [9.17, 15) is 0 Å². The van der Waals surface area contributed by atoms with Crippen LogP contribution in [0.3, 0.4) is 0 Å². The van der Waals surface area contributed by atoms with Gasteiger partial charge in [-0.25, -0.2) is 8.51 Å². The van der Waals surface area contributed by atoms with Crippen LogP contribution in [0.25, 0.3) is 11.1 Å². The van der Waals surface area contributed by atoms with E-state index < -0.39 is 0 Å². The molecule has 2 unspecified atom stereocenters. The molecule has 2 nitrogen and oxygen atoms in total. The minimum Gasteiger partial charge on any atom is -0.217 e. The van der Waals surface area contributed by atoms with Crippen LogP contribution in [-0.4, -0.2) is 0 Å². The van der Waals surface area contributed by atoms with Gasteiger partial charge in [0.2, 0.25) is 0 Å². The minimum absolute atomic E-state index is 0.515. The Morgan fingerprint density at radius 1 is 0.333 bits per heavy atom. The Bertz CT molecular complexity index is 1810. The van der Waals surface area contributed by atoms with Crippen LogP contribution in [0.15, 0.2) is 146 Å². The number of para-hydroxylation sites is 4. The molecule has 0 N–H and O–H groups in total. The van der Waals surface area contributed by atoms with E-state index in [-0.39, 0.29) is 0 Å². The molecule has 6 aromatic rings. The maximum Gasteiger partial charge on any atom is 0.152 e. The van der Waals surface area contributed by atoms with Gasteiger partial charge in [0.15, 0.2) is 11.4 Å². The van der Waals surface area contributed by atoms with Crippen LogP contribution in [0.4, 0.5) is 34.1 Å². The van der Waals surface area contributed by atoms with Crippen molar-refractivity contribution in [3.8, 4) is 11.1 Å². The molecule has 0 aliphatic heterocycles. The van der Waals surface area contributed by atoms with Crippen molar-refractivity contribution in [2.75, 3.05) is 0 Å². The summed E-state index contributed by atoms with van der Waals surface area (Å²) in [6, 6.07) is 54.0. The maximum absolute atomic E-state index is 3.33. The van der Waals surface area contributed by atoms with Gasteiger partial charge < -0.3 is 0 Å². The van der Waals surface area contributed by atoms with Crippen LogP contribution < -0.4 is 8.51 Å². The van der Waals surface area contributed by atoms with Gasteiger partial charge in [0, 0.05) is 60.7 Å². The number of benzene rings is 6. The molecule has 0 aromatic heterocycles. The summed E-state index contributed by atoms with van der Waals surface area (Å²) in [4.78, 5) is 0. The van der Waals surface area contributed by atoms with E-state index in [0.29, 0.717) is 8.51 Å². The molecular weight excluding hydrogens is 618 g/mol. The Morgan fingerprint density at radius 3 is 0.938 bits per heavy atom. The number of quaternary nitrogens is 2. The topological polar surface area (TPSA) is 0 Å². The van der Waals surface area contributed by atoms with Gasteiger partial charge in [-0.15, -0.1) is 0 Å². The van der Waals surface area contributed by atoms with Crippen molar-refractivity contribution < 1.29 is 0 Å². The van der Waals surface area contributed by atoms with E-state index in [1.807, 2.05) is 0 Å². The fourth-order valence-electron chi connectivity index (χ4n) is 8.28. The van der Waals surface area contributed by atoms with E-state index >= 15 is 0 Å². The normalized spacial score (nSPS) is 14.6. The van der Waals surface area contributed by atoms with Crippen molar-refractivity contribution in [1.82, 2.24) is 8.51 Å². The van der Waals surface area contributed by atoms with Gasteiger partial charge >= 0.3 is 0 Å². The van der Waals surface area contributed by atoms with Crippen LogP contribution >= 0.6 is 18.8 Å². The first-order chi connectivity index (χ1) is 23.6. The summed E-state index contributed by atoms with van der Waals surface area (Å²) in [6.07, 6.45) is 9.42. The molecule has 2 aliphatic rings. The van der Waals surface area contributed by atoms with Gasteiger partial charge in [-0.1, -0.05) is 84.9 Å². The predicted molar refractivity (Wildman–Crippen MR) is 213 cm³/mol. The van der Waals surface area contributed by atoms with Gasteiger partial charge in [-0.3, -0.25) is 0 Å². The first kappa shape index (κ1) is 31.4. The average molecular weight is 663 g/mol. The minimum atomic E-state index is 0.515. The zero-order valence-electron chi connectivity index (χ0n) is 27.6. The van der Waals surface area contributed by atoms with Gasteiger partial charge in [-0.05, 0) is 73.6 Å². The van der Waals surface area contributed by atoms with Crippen LogP contribution in [0.2, 0.25) is 0 Å². The van der Waals surface area contributed by atoms with E-state index in [1.165, 1.54) is 93.2 Å². The number of rotatable bonds is 7. The summed E-state index contributed by atoms with van der Waals surface area (Å²) < 4.78 is 1.03. The standard InChI is InChI=1S/C44H44N2P2/c47-45(35-19-5-1-6-20-35,36-21-7-2-8-22-36)41-31-29-33-17-13-15-27-39(33)43(41)44-40-28-16-14-18-34(40)30-32-42(44)46(48,37-23-9-3-10-24-37)38-25-11-4-12-26-38/h1-12,19-26,29-32H,13-18,27-28,47-48H2/q+2. The second-order valence-electron chi connectivity index (χ2n) is 13.4. The lowest BCUT2D eigenvalue weighted by atomic mass is 9.79. The molecule has 8 rings (SSSR count). The third kappa shape index (κ3) is 5.28. The number of fused-ring (bicyclic) bond motifs is 2. The van der Waals surface area contributed by atoms with Gasteiger partial charge in [0.25, 0.3) is 0 Å². The Labute approximate surface area is 290 Å². The van der Waals surface area contributed by atoms with E-state index in [0.717, 1.165) is 25.7 Å². The first-order valence-corrected chi connectivity index (χ1v) is 18.5. The average Bonchev–Trinajstić information content (AvgIpc) is 3.18. The molecule has 0 amide bonds. The molecule has 2 aliphatic carbocycles. The van der Waals surface area contributed by atoms with Crippen LogP contribution in [0, 0.1) is 0 Å². The van der Waals surface area contributed by atoms with Gasteiger partial charge in [0.1, 0.15) is 22.7 Å². The Kier molecular flexibility index (Phi) is 8.62. The van der Waals surface area contributed by atoms with E-state index in [1.54, 1.807) is 0 Å². The lowest BCUT2D eigenvalue weighted by Gasteiger charge is -2.39. The van der Waals surface area contributed by atoms with Crippen molar-refractivity contribution in [1.29, 1.82) is 0 Å². The number of hydrogen-bond acceptors (Lipinski definition) is 0. The summed E-state index contributed by atoms with van der Waals surface area (Å²) in [5, 5.41) is 0. The Balaban J connectivity index is 1.53. The molecule has 48 heavy (non-hydrogen) atoms. The van der Waals surface area contributed by atoms with Crippen LogP contribution in [0.5, 0.6) is 0 Å². The summed E-state index contributed by atoms with van der Waals surface area (Å²) in [5.41, 5.74) is 16.5. The zero-order chi connectivity index (χ0) is 32.6. The highest BCUT2D eigenvalue weighted by atomic mass is 31.0. The molecule has 0 bridgehead atoms. The fourth-order valence-corrected chi connectivity index (χ4v) is 9.40. The Morgan fingerprint density at radius 2 is 0.625 bits per heavy atom. The molecule has 0 saturated heterocycles. The second kappa shape index (κ2) is 13.2. The highest BCUT2D eigenvalue weighted by molar-refractivity contribution is 7.18. The predicted octanol–water partition coefficient (Wildman–Crippen LogP) is 12.6. The van der Waals surface area contributed by atoms with Gasteiger partial charge in [-0.2, -0.15) is 0 Å². The molecule has 238 valence electrons. The molecule has 0 radical (unpaired) electrons. The first-order valence-electron chi connectivity index (χ1n) is 17.5. The number of nitrogens with zero attached hydrogens (tertiary/aromatic N) is 2. The van der Waals surface area contributed by atoms with E-state index in [2.05, 4.69) is 164 Å². The summed E-state index contributed by atoms with van der Waals surface area (Å²) in [7, 11) is 6.65. The van der Waals surface area contributed by atoms with Crippen molar-refractivity contribution in [2.24, 2.45) is 0 Å². The zero-order valence-corrected chi connectivity index (χ0v) is 29.9. The molecule has 0 saturated carbocycles. The summed E-state index contributed by atoms with van der Waals surface area (Å²) in [6.45, 7) is 0. The van der Waals surface area contributed by atoms with Crippen molar-refractivity contribution in [3.63, 3.8) is 0 Å². The highest BCUT2D eigenvalue weighted by Crippen LogP contribution is 2.59. The maximum atomic E-state index is 3.33. The third-order valence-electron chi connectivity index (χ3n) is 10.7. The highest BCUT2D eigenvalue weighted by Gasteiger charge is 2.42. The smallest absolute Gasteiger partial charge is 0.152 e. The molecule has 0 fully saturated rings. The quantitative estimate of drug-likeness (QED) is 0.149. The second-order valence-corrected chi connectivity index (χ2v) is 14.9. The lowest BCUT2D eigenvalue weighted by molar-refractivity contribution is 0.678.